The lowest BCUT2D eigenvalue weighted by Gasteiger charge is -2.21. The molecule has 4 heteroatoms. The summed E-state index contributed by atoms with van der Waals surface area (Å²) >= 11 is 0. The molecule has 0 aromatic heterocycles. The van der Waals surface area contributed by atoms with Crippen molar-refractivity contribution < 1.29 is 14.4 Å². The molecule has 0 aliphatic heterocycles. The number of anilines is 1. The molecule has 2 aromatic carbocycles. The Bertz CT molecular complexity index is 823. The molecule has 0 saturated heterocycles. The van der Waals surface area contributed by atoms with Crippen molar-refractivity contribution >= 4 is 23.2 Å². The molecular formula is C19H17NO3. The number of hydrogen-bond donors (Lipinski definition) is 1. The van der Waals surface area contributed by atoms with Crippen molar-refractivity contribution in [3.63, 3.8) is 0 Å². The molecule has 0 saturated carbocycles. The van der Waals surface area contributed by atoms with E-state index in [0.717, 1.165) is 0 Å². The second-order valence-electron chi connectivity index (χ2n) is 5.73. The topological polar surface area (TPSA) is 63.2 Å². The third-order valence-corrected chi connectivity index (χ3v) is 4.27. The first kappa shape index (κ1) is 15.2. The summed E-state index contributed by atoms with van der Waals surface area (Å²) in [6, 6.07) is 11.8. The number of rotatable bonds is 3. The Balaban J connectivity index is 2.09. The van der Waals surface area contributed by atoms with Crippen molar-refractivity contribution in [1.29, 1.82) is 0 Å². The van der Waals surface area contributed by atoms with Crippen molar-refractivity contribution in [3.05, 3.63) is 64.7 Å². The fraction of sp³-hybridized carbons (Fsp3) is 0.211. The van der Waals surface area contributed by atoms with Gasteiger partial charge in [0.1, 0.15) is 0 Å². The highest BCUT2D eigenvalue weighted by atomic mass is 16.2. The zero-order valence-electron chi connectivity index (χ0n) is 13.1. The maximum Gasteiger partial charge on any atom is 0.227 e. The van der Waals surface area contributed by atoms with Crippen molar-refractivity contribution in [3.8, 4) is 0 Å². The number of ketones is 2. The molecule has 0 radical (unpaired) electrons. The van der Waals surface area contributed by atoms with Gasteiger partial charge in [-0.15, -0.1) is 0 Å². The van der Waals surface area contributed by atoms with Crippen LogP contribution in [0.2, 0.25) is 0 Å². The Morgan fingerprint density at radius 3 is 2.22 bits per heavy atom. The lowest BCUT2D eigenvalue weighted by molar-refractivity contribution is -0.119. The highest BCUT2D eigenvalue weighted by Gasteiger charge is 2.31. The van der Waals surface area contributed by atoms with Gasteiger partial charge in [-0.05, 0) is 12.5 Å². The summed E-state index contributed by atoms with van der Waals surface area (Å²) in [6.45, 7) is 3.75. The maximum absolute atomic E-state index is 12.8. The van der Waals surface area contributed by atoms with Crippen LogP contribution in [0.3, 0.4) is 0 Å². The molecule has 23 heavy (non-hydrogen) atoms. The highest BCUT2D eigenvalue weighted by Crippen LogP contribution is 2.32. The molecular weight excluding hydrogens is 290 g/mol. The van der Waals surface area contributed by atoms with E-state index in [-0.39, 0.29) is 29.0 Å². The van der Waals surface area contributed by atoms with Crippen molar-refractivity contribution in [2.75, 3.05) is 5.32 Å². The Kier molecular flexibility index (Phi) is 3.82. The highest BCUT2D eigenvalue weighted by molar-refractivity contribution is 6.30. The number of carbonyl (C=O) groups excluding carboxylic acids is 3. The van der Waals surface area contributed by atoms with E-state index in [0.29, 0.717) is 28.8 Å². The fourth-order valence-corrected chi connectivity index (χ4v) is 2.69. The first-order chi connectivity index (χ1) is 11.0. The van der Waals surface area contributed by atoms with Gasteiger partial charge in [-0.2, -0.15) is 0 Å². The van der Waals surface area contributed by atoms with Gasteiger partial charge in [-0.1, -0.05) is 50.2 Å². The van der Waals surface area contributed by atoms with E-state index in [1.54, 1.807) is 42.5 Å². The summed E-state index contributed by atoms with van der Waals surface area (Å²) < 4.78 is 0. The largest absolute Gasteiger partial charge is 0.325 e. The predicted octanol–water partition coefficient (Wildman–Crippen LogP) is 3.45. The van der Waals surface area contributed by atoms with Crippen LogP contribution < -0.4 is 5.32 Å². The zero-order valence-corrected chi connectivity index (χ0v) is 13.1. The minimum absolute atomic E-state index is 0.153. The van der Waals surface area contributed by atoms with E-state index in [4.69, 9.17) is 0 Å². The normalized spacial score (nSPS) is 14.0. The molecule has 1 aliphatic rings. The molecule has 3 rings (SSSR count). The molecule has 1 amide bonds. The number of amides is 1. The van der Waals surface area contributed by atoms with E-state index in [1.807, 2.05) is 13.8 Å². The summed E-state index contributed by atoms with van der Waals surface area (Å²) in [5.41, 5.74) is 1.83. The second-order valence-corrected chi connectivity index (χ2v) is 5.73. The summed E-state index contributed by atoms with van der Waals surface area (Å²) in [5, 5.41) is 2.79. The summed E-state index contributed by atoms with van der Waals surface area (Å²) in [6.07, 6.45) is 0.705. The van der Waals surface area contributed by atoms with Gasteiger partial charge in [0.05, 0.1) is 11.3 Å². The summed E-state index contributed by atoms with van der Waals surface area (Å²) in [4.78, 5) is 37.6. The summed E-state index contributed by atoms with van der Waals surface area (Å²) in [7, 11) is 0. The first-order valence-electron chi connectivity index (χ1n) is 7.67. The SMILES string of the molecule is CCC(C)C(=O)Nc1cccc2c1C(=O)c1ccccc1C2=O. The smallest absolute Gasteiger partial charge is 0.227 e. The standard InChI is InChI=1S/C19H17NO3/c1-3-11(2)19(23)20-15-10-6-9-14-16(15)18(22)13-8-5-4-7-12(13)17(14)21/h4-11H,3H2,1-2H3,(H,20,23). The number of nitrogens with one attached hydrogen (secondary N) is 1. The van der Waals surface area contributed by atoms with E-state index < -0.39 is 0 Å². The Hall–Kier alpha value is -2.75. The van der Waals surface area contributed by atoms with Crippen LogP contribution in [0, 0.1) is 5.92 Å². The van der Waals surface area contributed by atoms with Crippen molar-refractivity contribution in [2.45, 2.75) is 20.3 Å². The zero-order chi connectivity index (χ0) is 16.6. The minimum Gasteiger partial charge on any atom is -0.325 e. The average molecular weight is 307 g/mol. The molecule has 4 nitrogen and oxygen atoms in total. The van der Waals surface area contributed by atoms with Gasteiger partial charge < -0.3 is 5.32 Å². The number of fused-ring (bicyclic) bond motifs is 2. The van der Waals surface area contributed by atoms with E-state index in [9.17, 15) is 14.4 Å². The van der Waals surface area contributed by atoms with Crippen molar-refractivity contribution in [1.82, 2.24) is 0 Å². The van der Waals surface area contributed by atoms with Crippen LogP contribution in [-0.4, -0.2) is 17.5 Å². The molecule has 0 heterocycles. The predicted molar refractivity (Wildman–Crippen MR) is 87.8 cm³/mol. The molecule has 1 N–H and O–H groups in total. The third kappa shape index (κ3) is 2.46. The van der Waals surface area contributed by atoms with Crippen LogP contribution >= 0.6 is 0 Å². The lowest BCUT2D eigenvalue weighted by atomic mass is 9.83. The average Bonchev–Trinajstić information content (AvgIpc) is 2.58. The van der Waals surface area contributed by atoms with Gasteiger partial charge in [-0.3, -0.25) is 14.4 Å². The Morgan fingerprint density at radius 2 is 1.57 bits per heavy atom. The maximum atomic E-state index is 12.8. The van der Waals surface area contributed by atoms with Gasteiger partial charge in [-0.25, -0.2) is 0 Å². The Morgan fingerprint density at radius 1 is 0.957 bits per heavy atom. The van der Waals surface area contributed by atoms with Gasteiger partial charge in [0, 0.05) is 22.6 Å². The van der Waals surface area contributed by atoms with E-state index >= 15 is 0 Å². The summed E-state index contributed by atoms with van der Waals surface area (Å²) in [5.74, 6) is -0.724. The van der Waals surface area contributed by atoms with Gasteiger partial charge in [0.2, 0.25) is 5.91 Å². The van der Waals surface area contributed by atoms with Crippen LogP contribution in [0.15, 0.2) is 42.5 Å². The van der Waals surface area contributed by atoms with Crippen LogP contribution in [0.1, 0.15) is 52.1 Å². The molecule has 0 fully saturated rings. The van der Waals surface area contributed by atoms with Crippen LogP contribution in [0.5, 0.6) is 0 Å². The lowest BCUT2D eigenvalue weighted by Crippen LogP contribution is -2.25. The molecule has 2 aromatic rings. The van der Waals surface area contributed by atoms with Gasteiger partial charge >= 0.3 is 0 Å². The third-order valence-electron chi connectivity index (χ3n) is 4.27. The monoisotopic (exact) mass is 307 g/mol. The molecule has 1 unspecified atom stereocenters. The molecule has 0 spiro atoms. The molecule has 1 aliphatic carbocycles. The Labute approximate surface area is 134 Å². The van der Waals surface area contributed by atoms with Crippen LogP contribution in [0.25, 0.3) is 0 Å². The number of hydrogen-bond acceptors (Lipinski definition) is 3. The second kappa shape index (κ2) is 5.80. The minimum atomic E-state index is -0.227. The van der Waals surface area contributed by atoms with E-state index in [1.165, 1.54) is 0 Å². The number of carbonyl (C=O) groups is 3. The van der Waals surface area contributed by atoms with Crippen LogP contribution in [0.4, 0.5) is 5.69 Å². The van der Waals surface area contributed by atoms with Gasteiger partial charge in [0.25, 0.3) is 0 Å². The van der Waals surface area contributed by atoms with Crippen LogP contribution in [-0.2, 0) is 4.79 Å². The molecule has 116 valence electrons. The molecule has 0 bridgehead atoms. The quantitative estimate of drug-likeness (QED) is 0.806. The fourth-order valence-electron chi connectivity index (χ4n) is 2.69. The van der Waals surface area contributed by atoms with E-state index in [2.05, 4.69) is 5.32 Å². The number of benzene rings is 2. The van der Waals surface area contributed by atoms with Crippen molar-refractivity contribution in [2.24, 2.45) is 5.92 Å². The first-order valence-corrected chi connectivity index (χ1v) is 7.67. The van der Waals surface area contributed by atoms with Gasteiger partial charge in [0.15, 0.2) is 11.6 Å². The molecule has 1 atom stereocenters.